The number of carbonyl (C=O) groups is 1. The van der Waals surface area contributed by atoms with Crippen LogP contribution in [0.1, 0.15) is 37.0 Å². The zero-order valence-corrected chi connectivity index (χ0v) is 14.2. The summed E-state index contributed by atoms with van der Waals surface area (Å²) in [6.07, 6.45) is 1.34. The van der Waals surface area contributed by atoms with Crippen LogP contribution in [0.25, 0.3) is 0 Å². The minimum atomic E-state index is -3.00. The molecule has 1 rings (SSSR count). The maximum atomic E-state index is 12.4. The molecule has 0 fully saturated rings. The molecule has 8 heteroatoms. The van der Waals surface area contributed by atoms with E-state index in [1.807, 2.05) is 13.8 Å². The number of nitrogens with two attached hydrogens (primary N) is 1. The van der Waals surface area contributed by atoms with Gasteiger partial charge in [-0.3, -0.25) is 4.79 Å². The van der Waals surface area contributed by atoms with Crippen molar-refractivity contribution < 1.29 is 23.0 Å². The van der Waals surface area contributed by atoms with E-state index < -0.39 is 18.1 Å². The van der Waals surface area contributed by atoms with Crippen LogP contribution >= 0.6 is 12.4 Å². The van der Waals surface area contributed by atoms with Crippen LogP contribution < -0.4 is 20.5 Å². The van der Waals surface area contributed by atoms with E-state index in [1.54, 1.807) is 0 Å². The van der Waals surface area contributed by atoms with Gasteiger partial charge in [0.1, 0.15) is 0 Å². The van der Waals surface area contributed by atoms with Gasteiger partial charge in [0.15, 0.2) is 11.5 Å². The summed E-state index contributed by atoms with van der Waals surface area (Å²) in [5.74, 6) is -0.444. The first kappa shape index (κ1) is 21.4. The lowest BCUT2D eigenvalue weighted by atomic mass is 9.92. The normalized spacial score (nSPS) is 10.9. The second-order valence-corrected chi connectivity index (χ2v) is 4.89. The van der Waals surface area contributed by atoms with E-state index in [9.17, 15) is 13.6 Å². The van der Waals surface area contributed by atoms with Crippen molar-refractivity contribution in [3.05, 3.63) is 23.8 Å². The molecular weight excluding hydrogens is 330 g/mol. The summed E-state index contributed by atoms with van der Waals surface area (Å²) in [6, 6.07) is 4.13. The third kappa shape index (κ3) is 5.51. The highest BCUT2D eigenvalue weighted by atomic mass is 35.5. The molecule has 23 heavy (non-hydrogen) atoms. The van der Waals surface area contributed by atoms with E-state index in [2.05, 4.69) is 10.1 Å². The van der Waals surface area contributed by atoms with Crippen LogP contribution in [0.15, 0.2) is 18.2 Å². The van der Waals surface area contributed by atoms with Crippen LogP contribution in [0, 0.1) is 0 Å². The smallest absolute Gasteiger partial charge is 0.387 e. The summed E-state index contributed by atoms with van der Waals surface area (Å²) in [7, 11) is 1.33. The lowest BCUT2D eigenvalue weighted by Crippen LogP contribution is -2.52. The molecule has 0 aliphatic carbocycles. The van der Waals surface area contributed by atoms with E-state index in [0.29, 0.717) is 19.4 Å². The molecule has 0 aliphatic rings. The van der Waals surface area contributed by atoms with Gasteiger partial charge >= 0.3 is 6.61 Å². The summed E-state index contributed by atoms with van der Waals surface area (Å²) in [5, 5.41) is 2.87. The van der Waals surface area contributed by atoms with E-state index in [0.717, 1.165) is 0 Å². The zero-order chi connectivity index (χ0) is 16.8. The van der Waals surface area contributed by atoms with Crippen LogP contribution in [-0.4, -0.2) is 31.7 Å². The summed E-state index contributed by atoms with van der Waals surface area (Å²) < 4.78 is 34.1. The molecule has 0 unspecified atom stereocenters. The molecule has 0 aromatic heterocycles. The van der Waals surface area contributed by atoms with Gasteiger partial charge in [-0.2, -0.15) is 8.78 Å². The third-order valence-electron chi connectivity index (χ3n) is 3.76. The fourth-order valence-electron chi connectivity index (χ4n) is 2.09. The van der Waals surface area contributed by atoms with Crippen LogP contribution in [0.3, 0.4) is 0 Å². The molecule has 0 atom stereocenters. The standard InChI is InChI=1S/C15H22F2N2O3.ClH/c1-4-15(5-2,9-18)19-13(20)10-6-7-11(21-3)12(8-10)22-14(16)17;/h6-8,14H,4-5,9,18H2,1-3H3,(H,19,20);1H. The Morgan fingerprint density at radius 1 is 1.30 bits per heavy atom. The lowest BCUT2D eigenvalue weighted by Gasteiger charge is -2.31. The van der Waals surface area contributed by atoms with Crippen LogP contribution in [0.4, 0.5) is 8.78 Å². The number of hydrogen-bond acceptors (Lipinski definition) is 4. The predicted octanol–water partition coefficient (Wildman–Crippen LogP) is 2.97. The summed E-state index contributed by atoms with van der Waals surface area (Å²) >= 11 is 0. The lowest BCUT2D eigenvalue weighted by molar-refractivity contribution is -0.0512. The van der Waals surface area contributed by atoms with Gasteiger partial charge in [0.25, 0.3) is 5.91 Å². The van der Waals surface area contributed by atoms with Crippen molar-refractivity contribution in [3.63, 3.8) is 0 Å². The fourth-order valence-corrected chi connectivity index (χ4v) is 2.09. The molecule has 0 spiro atoms. The van der Waals surface area contributed by atoms with Crippen LogP contribution in [0.2, 0.25) is 0 Å². The number of benzene rings is 1. The molecule has 0 saturated carbocycles. The summed E-state index contributed by atoms with van der Waals surface area (Å²) in [5.41, 5.74) is 5.43. The number of rotatable bonds is 8. The average molecular weight is 353 g/mol. The van der Waals surface area contributed by atoms with Crippen molar-refractivity contribution in [1.82, 2.24) is 5.32 Å². The van der Waals surface area contributed by atoms with Crippen molar-refractivity contribution in [2.75, 3.05) is 13.7 Å². The Bertz CT molecular complexity index is 503. The average Bonchev–Trinajstić information content (AvgIpc) is 2.52. The molecule has 5 nitrogen and oxygen atoms in total. The SMILES string of the molecule is CCC(CC)(CN)NC(=O)c1ccc(OC)c(OC(F)F)c1.Cl. The monoisotopic (exact) mass is 352 g/mol. The number of halogens is 3. The molecule has 0 bridgehead atoms. The van der Waals surface area contributed by atoms with Gasteiger partial charge < -0.3 is 20.5 Å². The minimum Gasteiger partial charge on any atom is -0.493 e. The molecule has 132 valence electrons. The van der Waals surface area contributed by atoms with Crippen molar-refractivity contribution in [2.45, 2.75) is 38.8 Å². The number of carbonyl (C=O) groups excluding carboxylic acids is 1. The third-order valence-corrected chi connectivity index (χ3v) is 3.76. The van der Waals surface area contributed by atoms with Crippen molar-refractivity contribution in [1.29, 1.82) is 0 Å². The molecule has 1 amide bonds. The Kier molecular flexibility index (Phi) is 8.86. The number of amides is 1. The fraction of sp³-hybridized carbons (Fsp3) is 0.533. The largest absolute Gasteiger partial charge is 0.493 e. The topological polar surface area (TPSA) is 73.6 Å². The molecule has 0 aliphatic heterocycles. The van der Waals surface area contributed by atoms with E-state index >= 15 is 0 Å². The van der Waals surface area contributed by atoms with E-state index in [4.69, 9.17) is 10.5 Å². The highest BCUT2D eigenvalue weighted by Crippen LogP contribution is 2.29. The number of ether oxygens (including phenoxy) is 2. The van der Waals surface area contributed by atoms with Gasteiger partial charge in [0.2, 0.25) is 0 Å². The Hall–Kier alpha value is -1.60. The molecule has 1 aromatic carbocycles. The van der Waals surface area contributed by atoms with Crippen LogP contribution in [0.5, 0.6) is 11.5 Å². The summed E-state index contributed by atoms with van der Waals surface area (Å²) in [4.78, 5) is 12.3. The highest BCUT2D eigenvalue weighted by Gasteiger charge is 2.27. The Morgan fingerprint density at radius 3 is 2.35 bits per heavy atom. The maximum absolute atomic E-state index is 12.4. The molecular formula is C15H23ClF2N2O3. The number of methoxy groups -OCH3 is 1. The second-order valence-electron chi connectivity index (χ2n) is 4.89. The van der Waals surface area contributed by atoms with Crippen molar-refractivity contribution in [2.24, 2.45) is 5.73 Å². The quantitative estimate of drug-likeness (QED) is 0.754. The minimum absolute atomic E-state index is 0. The number of hydrogen-bond donors (Lipinski definition) is 2. The van der Waals surface area contributed by atoms with Crippen molar-refractivity contribution in [3.8, 4) is 11.5 Å². The van der Waals surface area contributed by atoms with Crippen molar-refractivity contribution >= 4 is 18.3 Å². The van der Waals surface area contributed by atoms with E-state index in [-0.39, 0.29) is 29.5 Å². The molecule has 3 N–H and O–H groups in total. The maximum Gasteiger partial charge on any atom is 0.387 e. The molecule has 1 aromatic rings. The first-order valence-electron chi connectivity index (χ1n) is 7.06. The van der Waals surface area contributed by atoms with Gasteiger partial charge in [-0.25, -0.2) is 0 Å². The first-order chi connectivity index (χ1) is 10.4. The predicted molar refractivity (Wildman–Crippen MR) is 86.7 cm³/mol. The Balaban J connectivity index is 0.00000484. The highest BCUT2D eigenvalue weighted by molar-refractivity contribution is 5.95. The molecule has 0 radical (unpaired) electrons. The van der Waals surface area contributed by atoms with E-state index in [1.165, 1.54) is 25.3 Å². The van der Waals surface area contributed by atoms with Crippen LogP contribution in [-0.2, 0) is 0 Å². The van der Waals surface area contributed by atoms with Gasteiger partial charge in [0.05, 0.1) is 12.6 Å². The number of nitrogens with one attached hydrogen (secondary N) is 1. The van der Waals surface area contributed by atoms with Gasteiger partial charge in [-0.1, -0.05) is 13.8 Å². The molecule has 0 heterocycles. The molecule has 0 saturated heterocycles. The van der Waals surface area contributed by atoms with Gasteiger partial charge in [-0.15, -0.1) is 12.4 Å². The van der Waals surface area contributed by atoms with Gasteiger partial charge in [0, 0.05) is 12.1 Å². The number of alkyl halides is 2. The Morgan fingerprint density at radius 2 is 1.91 bits per heavy atom. The second kappa shape index (κ2) is 9.52. The van der Waals surface area contributed by atoms with Gasteiger partial charge in [-0.05, 0) is 31.0 Å². The first-order valence-corrected chi connectivity index (χ1v) is 7.06. The Labute approximate surface area is 140 Å². The zero-order valence-electron chi connectivity index (χ0n) is 13.4. The summed E-state index contributed by atoms with van der Waals surface area (Å²) in [6.45, 7) is 1.15.